The first kappa shape index (κ1) is 15.8. The Morgan fingerprint density at radius 3 is 2.52 bits per heavy atom. The SMILES string of the molecule is COc1ccc(Br)cc1S(=O)(=O)Nc1cccc2ccccc12. The van der Waals surface area contributed by atoms with Gasteiger partial charge < -0.3 is 4.74 Å². The van der Waals surface area contributed by atoms with E-state index in [9.17, 15) is 8.42 Å². The van der Waals surface area contributed by atoms with Crippen LogP contribution in [-0.2, 0) is 10.0 Å². The fourth-order valence-corrected chi connectivity index (χ4v) is 4.16. The summed E-state index contributed by atoms with van der Waals surface area (Å²) in [6, 6.07) is 18.0. The van der Waals surface area contributed by atoms with E-state index in [4.69, 9.17) is 4.74 Å². The molecular weight excluding hydrogens is 378 g/mol. The van der Waals surface area contributed by atoms with E-state index in [1.165, 1.54) is 13.2 Å². The molecule has 6 heteroatoms. The third kappa shape index (κ3) is 3.18. The molecule has 0 aliphatic rings. The Labute approximate surface area is 143 Å². The van der Waals surface area contributed by atoms with Crippen molar-refractivity contribution < 1.29 is 13.2 Å². The topological polar surface area (TPSA) is 55.4 Å². The second-order valence-electron chi connectivity index (χ2n) is 4.93. The summed E-state index contributed by atoms with van der Waals surface area (Å²) < 4.78 is 34.0. The van der Waals surface area contributed by atoms with Gasteiger partial charge in [-0.2, -0.15) is 0 Å². The molecule has 0 aromatic heterocycles. The molecule has 0 amide bonds. The summed E-state index contributed by atoms with van der Waals surface area (Å²) in [5.41, 5.74) is 0.533. The largest absolute Gasteiger partial charge is 0.495 e. The maximum absolute atomic E-state index is 12.8. The lowest BCUT2D eigenvalue weighted by molar-refractivity contribution is 0.403. The Balaban J connectivity index is 2.09. The van der Waals surface area contributed by atoms with Crippen LogP contribution in [0.5, 0.6) is 5.75 Å². The second-order valence-corrected chi connectivity index (χ2v) is 7.49. The van der Waals surface area contributed by atoms with Crippen LogP contribution in [0.2, 0.25) is 0 Å². The highest BCUT2D eigenvalue weighted by Crippen LogP contribution is 2.31. The Bertz CT molecular complexity index is 965. The van der Waals surface area contributed by atoms with Crippen LogP contribution in [0.4, 0.5) is 5.69 Å². The van der Waals surface area contributed by atoms with Crippen molar-refractivity contribution in [2.45, 2.75) is 4.90 Å². The molecular formula is C17H14BrNO3S. The number of hydrogen-bond acceptors (Lipinski definition) is 3. The van der Waals surface area contributed by atoms with E-state index in [-0.39, 0.29) is 4.90 Å². The van der Waals surface area contributed by atoms with E-state index in [0.717, 1.165) is 10.8 Å². The van der Waals surface area contributed by atoms with Gasteiger partial charge in [-0.1, -0.05) is 52.3 Å². The van der Waals surface area contributed by atoms with Gasteiger partial charge in [-0.25, -0.2) is 8.42 Å². The van der Waals surface area contributed by atoms with Crippen LogP contribution in [0.25, 0.3) is 10.8 Å². The minimum atomic E-state index is -3.78. The molecule has 0 unspecified atom stereocenters. The van der Waals surface area contributed by atoms with Gasteiger partial charge in [0.05, 0.1) is 12.8 Å². The molecule has 118 valence electrons. The fraction of sp³-hybridized carbons (Fsp3) is 0.0588. The summed E-state index contributed by atoms with van der Waals surface area (Å²) in [6.45, 7) is 0. The van der Waals surface area contributed by atoms with Crippen molar-refractivity contribution in [2.24, 2.45) is 0 Å². The van der Waals surface area contributed by atoms with Gasteiger partial charge in [0.2, 0.25) is 0 Å². The lowest BCUT2D eigenvalue weighted by atomic mass is 10.1. The highest BCUT2D eigenvalue weighted by atomic mass is 79.9. The molecule has 4 nitrogen and oxygen atoms in total. The molecule has 3 rings (SSSR count). The molecule has 0 radical (unpaired) electrons. The molecule has 0 fully saturated rings. The predicted octanol–water partition coefficient (Wildman–Crippen LogP) is 4.41. The van der Waals surface area contributed by atoms with Gasteiger partial charge in [-0.15, -0.1) is 0 Å². The van der Waals surface area contributed by atoms with Gasteiger partial charge in [0.25, 0.3) is 10.0 Å². The van der Waals surface area contributed by atoms with E-state index in [1.54, 1.807) is 18.2 Å². The van der Waals surface area contributed by atoms with Crippen molar-refractivity contribution in [3.63, 3.8) is 0 Å². The third-order valence-corrected chi connectivity index (χ3v) is 5.33. The van der Waals surface area contributed by atoms with Gasteiger partial charge in [0, 0.05) is 9.86 Å². The molecule has 23 heavy (non-hydrogen) atoms. The average molecular weight is 392 g/mol. The Morgan fingerprint density at radius 1 is 1.00 bits per heavy atom. The first-order valence-corrected chi connectivity index (χ1v) is 9.13. The number of nitrogens with one attached hydrogen (secondary N) is 1. The number of halogens is 1. The number of methoxy groups -OCH3 is 1. The highest BCUT2D eigenvalue weighted by Gasteiger charge is 2.20. The first-order valence-electron chi connectivity index (χ1n) is 6.85. The molecule has 0 saturated heterocycles. The van der Waals surface area contributed by atoms with Crippen LogP contribution < -0.4 is 9.46 Å². The van der Waals surface area contributed by atoms with Crippen LogP contribution in [0.3, 0.4) is 0 Å². The summed E-state index contributed by atoms with van der Waals surface area (Å²) in [5, 5.41) is 1.81. The van der Waals surface area contributed by atoms with Crippen molar-refractivity contribution >= 4 is 42.4 Å². The van der Waals surface area contributed by atoms with E-state index < -0.39 is 10.0 Å². The van der Waals surface area contributed by atoms with Crippen LogP contribution in [-0.4, -0.2) is 15.5 Å². The zero-order chi connectivity index (χ0) is 16.4. The molecule has 0 saturated carbocycles. The van der Waals surface area contributed by atoms with E-state index in [1.807, 2.05) is 36.4 Å². The van der Waals surface area contributed by atoms with Gasteiger partial charge in [0.1, 0.15) is 10.6 Å². The Morgan fingerprint density at radius 2 is 1.74 bits per heavy atom. The lowest BCUT2D eigenvalue weighted by Crippen LogP contribution is -2.14. The smallest absolute Gasteiger partial charge is 0.265 e. The van der Waals surface area contributed by atoms with Crippen molar-refractivity contribution in [3.8, 4) is 5.75 Å². The molecule has 0 aliphatic carbocycles. The highest BCUT2D eigenvalue weighted by molar-refractivity contribution is 9.10. The molecule has 3 aromatic carbocycles. The quantitative estimate of drug-likeness (QED) is 0.716. The summed E-state index contributed by atoms with van der Waals surface area (Å²) in [5.74, 6) is 0.293. The molecule has 0 aliphatic heterocycles. The maximum atomic E-state index is 12.8. The standard InChI is InChI=1S/C17H14BrNO3S/c1-22-16-10-9-13(18)11-17(16)23(20,21)19-15-8-4-6-12-5-2-3-7-14(12)15/h2-11,19H,1H3. The van der Waals surface area contributed by atoms with Crippen molar-refractivity contribution in [1.29, 1.82) is 0 Å². The van der Waals surface area contributed by atoms with E-state index >= 15 is 0 Å². The summed E-state index contributed by atoms with van der Waals surface area (Å²) in [4.78, 5) is 0.0855. The Kier molecular flexibility index (Phi) is 4.28. The van der Waals surface area contributed by atoms with Crippen LogP contribution in [0, 0.1) is 0 Å². The number of fused-ring (bicyclic) bond motifs is 1. The van der Waals surface area contributed by atoms with Crippen LogP contribution in [0.1, 0.15) is 0 Å². The minimum Gasteiger partial charge on any atom is -0.495 e. The normalized spacial score (nSPS) is 11.4. The van der Waals surface area contributed by atoms with E-state index in [0.29, 0.717) is 15.9 Å². The van der Waals surface area contributed by atoms with Gasteiger partial charge in [-0.3, -0.25) is 4.72 Å². The summed E-state index contributed by atoms with van der Waals surface area (Å²) >= 11 is 3.30. The number of ether oxygens (including phenoxy) is 1. The Hall–Kier alpha value is -2.05. The molecule has 3 aromatic rings. The number of hydrogen-bond donors (Lipinski definition) is 1. The molecule has 0 heterocycles. The van der Waals surface area contributed by atoms with Gasteiger partial charge in [0.15, 0.2) is 0 Å². The van der Waals surface area contributed by atoms with Crippen molar-refractivity contribution in [3.05, 3.63) is 65.1 Å². The minimum absolute atomic E-state index is 0.0855. The number of benzene rings is 3. The van der Waals surface area contributed by atoms with E-state index in [2.05, 4.69) is 20.7 Å². The van der Waals surface area contributed by atoms with Gasteiger partial charge >= 0.3 is 0 Å². The maximum Gasteiger partial charge on any atom is 0.265 e. The second kappa shape index (κ2) is 6.22. The monoisotopic (exact) mass is 391 g/mol. The number of rotatable bonds is 4. The summed E-state index contributed by atoms with van der Waals surface area (Å²) in [7, 11) is -2.33. The lowest BCUT2D eigenvalue weighted by Gasteiger charge is -2.13. The summed E-state index contributed by atoms with van der Waals surface area (Å²) in [6.07, 6.45) is 0. The fourth-order valence-electron chi connectivity index (χ4n) is 2.37. The zero-order valence-corrected chi connectivity index (χ0v) is 14.7. The number of anilines is 1. The first-order chi connectivity index (χ1) is 11.0. The van der Waals surface area contributed by atoms with Gasteiger partial charge in [-0.05, 0) is 29.7 Å². The third-order valence-electron chi connectivity index (χ3n) is 3.45. The molecule has 0 spiro atoms. The van der Waals surface area contributed by atoms with Crippen molar-refractivity contribution in [1.82, 2.24) is 0 Å². The molecule has 1 N–H and O–H groups in total. The molecule has 0 bridgehead atoms. The number of sulfonamides is 1. The average Bonchev–Trinajstić information content (AvgIpc) is 2.55. The van der Waals surface area contributed by atoms with Crippen LogP contribution in [0.15, 0.2) is 70.0 Å². The zero-order valence-electron chi connectivity index (χ0n) is 12.3. The predicted molar refractivity (Wildman–Crippen MR) is 95.5 cm³/mol. The van der Waals surface area contributed by atoms with Crippen molar-refractivity contribution in [2.75, 3.05) is 11.8 Å². The molecule has 0 atom stereocenters. The van der Waals surface area contributed by atoms with Crippen LogP contribution >= 0.6 is 15.9 Å².